The third-order valence-electron chi connectivity index (χ3n) is 2.64. The number of likely N-dealkylation sites (N-methyl/N-ethyl adjacent to an activating group) is 1. The molecule has 0 aliphatic heterocycles. The van der Waals surface area contributed by atoms with Crippen molar-refractivity contribution in [1.82, 2.24) is 5.32 Å². The van der Waals surface area contributed by atoms with Crippen molar-refractivity contribution in [2.75, 3.05) is 12.4 Å². The maximum atomic E-state index is 11.8. The molecular weight excluding hydrogens is 260 g/mol. The van der Waals surface area contributed by atoms with Crippen LogP contribution in [0.25, 0.3) is 0 Å². The number of nitrogens with one attached hydrogen (secondary N) is 2. The predicted molar refractivity (Wildman–Crippen MR) is 76.5 cm³/mol. The second-order valence-corrected chi connectivity index (χ2v) is 4.79. The van der Waals surface area contributed by atoms with E-state index in [1.54, 1.807) is 30.6 Å². The minimum absolute atomic E-state index is 0.0324. The topological polar surface area (TPSA) is 58.2 Å². The summed E-state index contributed by atoms with van der Waals surface area (Å²) in [5.74, 6) is -0.157. The molecule has 0 radical (unpaired) electrons. The molecule has 2 N–H and O–H groups in total. The van der Waals surface area contributed by atoms with Crippen LogP contribution in [0.1, 0.15) is 15.9 Å². The van der Waals surface area contributed by atoms with Crippen LogP contribution in [0.4, 0.5) is 5.69 Å². The molecule has 0 aliphatic rings. The highest BCUT2D eigenvalue weighted by Crippen LogP contribution is 2.13. The van der Waals surface area contributed by atoms with E-state index in [4.69, 9.17) is 0 Å². The predicted octanol–water partition coefficient (Wildman–Crippen LogP) is 2.29. The molecule has 2 rings (SSSR count). The molecule has 1 heterocycles. The molecular formula is C14H14N2O2S. The highest BCUT2D eigenvalue weighted by molar-refractivity contribution is 7.08. The van der Waals surface area contributed by atoms with Gasteiger partial charge in [0.1, 0.15) is 0 Å². The fourth-order valence-corrected chi connectivity index (χ4v) is 2.21. The Hall–Kier alpha value is -2.14. The Morgan fingerprint density at radius 3 is 2.47 bits per heavy atom. The second-order valence-electron chi connectivity index (χ2n) is 4.01. The number of anilines is 1. The number of thiophene rings is 1. The van der Waals surface area contributed by atoms with Gasteiger partial charge in [0.2, 0.25) is 5.91 Å². The van der Waals surface area contributed by atoms with Crippen molar-refractivity contribution in [3.63, 3.8) is 0 Å². The molecule has 2 amide bonds. The van der Waals surface area contributed by atoms with Gasteiger partial charge in [0, 0.05) is 18.1 Å². The molecule has 0 aliphatic carbocycles. The van der Waals surface area contributed by atoms with E-state index in [-0.39, 0.29) is 11.8 Å². The number of rotatable bonds is 4. The van der Waals surface area contributed by atoms with Gasteiger partial charge in [-0.2, -0.15) is 11.3 Å². The van der Waals surface area contributed by atoms with Crippen molar-refractivity contribution in [2.24, 2.45) is 0 Å². The standard InChI is InChI=1S/C14H14N2O2S/c1-15-13(17)8-10-2-4-12(5-3-10)16-14(18)11-6-7-19-9-11/h2-7,9H,8H2,1H3,(H,15,17)(H,16,18). The van der Waals surface area contributed by atoms with E-state index in [2.05, 4.69) is 10.6 Å². The zero-order valence-corrected chi connectivity index (χ0v) is 11.3. The minimum atomic E-state index is -0.125. The molecule has 1 aromatic carbocycles. The summed E-state index contributed by atoms with van der Waals surface area (Å²) in [7, 11) is 1.61. The summed E-state index contributed by atoms with van der Waals surface area (Å²) >= 11 is 1.48. The van der Waals surface area contributed by atoms with E-state index < -0.39 is 0 Å². The van der Waals surface area contributed by atoms with Crippen LogP contribution in [-0.4, -0.2) is 18.9 Å². The van der Waals surface area contributed by atoms with Crippen LogP contribution in [0.2, 0.25) is 0 Å². The van der Waals surface area contributed by atoms with Gasteiger partial charge in [-0.1, -0.05) is 12.1 Å². The van der Waals surface area contributed by atoms with Gasteiger partial charge >= 0.3 is 0 Å². The molecule has 5 heteroatoms. The third kappa shape index (κ3) is 3.66. The van der Waals surface area contributed by atoms with Crippen molar-refractivity contribution in [1.29, 1.82) is 0 Å². The summed E-state index contributed by atoms with van der Waals surface area (Å²) in [6, 6.07) is 9.03. The maximum Gasteiger partial charge on any atom is 0.256 e. The number of hydrogen-bond acceptors (Lipinski definition) is 3. The smallest absolute Gasteiger partial charge is 0.256 e. The Bertz CT molecular complexity index is 562. The molecule has 0 saturated heterocycles. The van der Waals surface area contributed by atoms with Crippen molar-refractivity contribution in [2.45, 2.75) is 6.42 Å². The van der Waals surface area contributed by atoms with Crippen LogP contribution in [0.5, 0.6) is 0 Å². The summed E-state index contributed by atoms with van der Waals surface area (Å²) < 4.78 is 0. The largest absolute Gasteiger partial charge is 0.359 e. The minimum Gasteiger partial charge on any atom is -0.359 e. The molecule has 0 bridgehead atoms. The highest BCUT2D eigenvalue weighted by atomic mass is 32.1. The molecule has 4 nitrogen and oxygen atoms in total. The fraction of sp³-hybridized carbons (Fsp3) is 0.143. The van der Waals surface area contributed by atoms with E-state index in [9.17, 15) is 9.59 Å². The third-order valence-corrected chi connectivity index (χ3v) is 3.32. The first kappa shape index (κ1) is 13.3. The van der Waals surface area contributed by atoms with E-state index in [1.165, 1.54) is 11.3 Å². The molecule has 0 fully saturated rings. The maximum absolute atomic E-state index is 11.8. The Kier molecular flexibility index (Phi) is 4.30. The van der Waals surface area contributed by atoms with Crippen LogP contribution in [0.3, 0.4) is 0 Å². The van der Waals surface area contributed by atoms with Crippen molar-refractivity contribution >= 4 is 28.8 Å². The van der Waals surface area contributed by atoms with Gasteiger partial charge in [0.25, 0.3) is 5.91 Å². The van der Waals surface area contributed by atoms with Gasteiger partial charge in [0.05, 0.1) is 12.0 Å². The lowest BCUT2D eigenvalue weighted by atomic mass is 10.1. The first-order valence-corrected chi connectivity index (χ1v) is 6.76. The first-order valence-electron chi connectivity index (χ1n) is 5.82. The zero-order valence-electron chi connectivity index (χ0n) is 10.5. The molecule has 19 heavy (non-hydrogen) atoms. The van der Waals surface area contributed by atoms with Gasteiger partial charge < -0.3 is 10.6 Å². The van der Waals surface area contributed by atoms with Gasteiger partial charge in [-0.05, 0) is 29.1 Å². The van der Waals surface area contributed by atoms with Crippen LogP contribution >= 0.6 is 11.3 Å². The van der Waals surface area contributed by atoms with Crippen LogP contribution in [-0.2, 0) is 11.2 Å². The van der Waals surface area contributed by atoms with Crippen LogP contribution in [0.15, 0.2) is 41.1 Å². The Morgan fingerprint density at radius 1 is 1.16 bits per heavy atom. The monoisotopic (exact) mass is 274 g/mol. The summed E-state index contributed by atoms with van der Waals surface area (Å²) in [5.41, 5.74) is 2.28. The lowest BCUT2D eigenvalue weighted by molar-refractivity contribution is -0.119. The Morgan fingerprint density at radius 2 is 1.89 bits per heavy atom. The summed E-state index contributed by atoms with van der Waals surface area (Å²) in [5, 5.41) is 9.04. The summed E-state index contributed by atoms with van der Waals surface area (Å²) in [6.07, 6.45) is 0.343. The first-order chi connectivity index (χ1) is 9.19. The number of carbonyl (C=O) groups excluding carboxylic acids is 2. The summed E-state index contributed by atoms with van der Waals surface area (Å²) in [4.78, 5) is 23.0. The van der Waals surface area contributed by atoms with Gasteiger partial charge in [-0.15, -0.1) is 0 Å². The van der Waals surface area contributed by atoms with Gasteiger partial charge in [-0.25, -0.2) is 0 Å². The lowest BCUT2D eigenvalue weighted by Crippen LogP contribution is -2.19. The van der Waals surface area contributed by atoms with Crippen molar-refractivity contribution in [3.05, 3.63) is 52.2 Å². The van der Waals surface area contributed by atoms with Gasteiger partial charge in [-0.3, -0.25) is 9.59 Å². The van der Waals surface area contributed by atoms with Crippen LogP contribution < -0.4 is 10.6 Å². The average Bonchev–Trinajstić information content (AvgIpc) is 2.95. The van der Waals surface area contributed by atoms with E-state index >= 15 is 0 Å². The molecule has 0 saturated carbocycles. The van der Waals surface area contributed by atoms with E-state index in [1.807, 2.05) is 17.5 Å². The number of amides is 2. The summed E-state index contributed by atoms with van der Waals surface area (Å²) in [6.45, 7) is 0. The van der Waals surface area contributed by atoms with Crippen molar-refractivity contribution < 1.29 is 9.59 Å². The van der Waals surface area contributed by atoms with E-state index in [0.717, 1.165) is 11.3 Å². The Balaban J connectivity index is 1.99. The Labute approximate surface area is 115 Å². The normalized spacial score (nSPS) is 9.95. The SMILES string of the molecule is CNC(=O)Cc1ccc(NC(=O)c2ccsc2)cc1. The average molecular weight is 274 g/mol. The van der Waals surface area contributed by atoms with Crippen molar-refractivity contribution in [3.8, 4) is 0 Å². The zero-order chi connectivity index (χ0) is 13.7. The second kappa shape index (κ2) is 6.15. The van der Waals surface area contributed by atoms with E-state index in [0.29, 0.717) is 12.0 Å². The molecule has 0 spiro atoms. The highest BCUT2D eigenvalue weighted by Gasteiger charge is 2.06. The number of hydrogen-bond donors (Lipinski definition) is 2. The number of carbonyl (C=O) groups is 2. The fourth-order valence-electron chi connectivity index (χ4n) is 1.58. The molecule has 0 atom stereocenters. The van der Waals surface area contributed by atoms with Gasteiger partial charge in [0.15, 0.2) is 0 Å². The molecule has 2 aromatic rings. The lowest BCUT2D eigenvalue weighted by Gasteiger charge is -2.05. The molecule has 1 aromatic heterocycles. The number of benzene rings is 1. The molecule has 98 valence electrons. The molecule has 0 unspecified atom stereocenters. The quantitative estimate of drug-likeness (QED) is 0.898. The van der Waals surface area contributed by atoms with Crippen LogP contribution in [0, 0.1) is 0 Å².